The Morgan fingerprint density at radius 1 is 0.369 bits per heavy atom. The van der Waals surface area contributed by atoms with E-state index in [1.54, 1.807) is 97.1 Å². The molecule has 0 aliphatic carbocycles. The molecule has 0 bridgehead atoms. The molecule has 0 aliphatic rings. The van der Waals surface area contributed by atoms with E-state index in [0.717, 1.165) is 0 Å². The van der Waals surface area contributed by atoms with Gasteiger partial charge in [-0.2, -0.15) is 0 Å². The minimum atomic E-state index is -3.14. The van der Waals surface area contributed by atoms with Gasteiger partial charge in [0.05, 0.1) is 44.5 Å². The lowest BCUT2D eigenvalue weighted by atomic mass is 10.1. The molecule has 0 aromatic heterocycles. The van der Waals surface area contributed by atoms with Gasteiger partial charge in [0.15, 0.2) is 0 Å². The Balaban J connectivity index is 0.000000811. The minimum Gasteiger partial charge on any atom is -0.366 e. The van der Waals surface area contributed by atoms with Crippen molar-refractivity contribution in [2.75, 3.05) is 26.2 Å². The first-order valence-corrected chi connectivity index (χ1v) is 20.6. The van der Waals surface area contributed by atoms with E-state index in [1.807, 2.05) is 0 Å². The van der Waals surface area contributed by atoms with Crippen LogP contribution in [0.15, 0.2) is 148 Å². The molecule has 0 fully saturated rings. The third-order valence-corrected chi connectivity index (χ3v) is 7.38. The summed E-state index contributed by atoms with van der Waals surface area (Å²) in [6.45, 7) is 15.3. The van der Waals surface area contributed by atoms with Crippen molar-refractivity contribution in [1.29, 1.82) is 0 Å². The van der Waals surface area contributed by atoms with Crippen LogP contribution in [0.25, 0.3) is 0 Å². The summed E-state index contributed by atoms with van der Waals surface area (Å²) in [5.74, 6) is -3.76. The van der Waals surface area contributed by atoms with E-state index in [1.165, 1.54) is 24.3 Å². The average molecular weight is 912 g/mol. The van der Waals surface area contributed by atoms with Crippen molar-refractivity contribution in [3.05, 3.63) is 192 Å². The van der Waals surface area contributed by atoms with E-state index < -0.39 is 31.2 Å². The van der Waals surface area contributed by atoms with Crippen LogP contribution in [0, 0.1) is 0 Å². The maximum atomic E-state index is 11.6. The number of benzene rings is 4. The van der Waals surface area contributed by atoms with E-state index in [9.17, 15) is 42.9 Å². The number of hydrogen-bond acceptors (Lipinski definition) is 9. The molecule has 0 radical (unpaired) electrons. The number of rotatable bonds is 16. The second-order valence-electron chi connectivity index (χ2n) is 12.4. The Labute approximate surface area is 375 Å². The monoisotopic (exact) mass is 911 g/mol. The van der Waals surface area contributed by atoms with Gasteiger partial charge in [-0.15, -0.1) is 26.3 Å². The number of nitrogens with two attached hydrogens (primary N) is 7. The summed E-state index contributed by atoms with van der Waals surface area (Å²) in [7, 11) is -3.14. The molecule has 20 nitrogen and oxygen atoms in total. The first-order chi connectivity index (χ1) is 30.7. The molecule has 0 unspecified atom stereocenters. The zero-order valence-electron chi connectivity index (χ0n) is 35.4. The summed E-state index contributed by atoms with van der Waals surface area (Å²) in [6, 6.07) is 25.6. The van der Waals surface area contributed by atoms with Crippen molar-refractivity contribution in [3.63, 3.8) is 0 Å². The Morgan fingerprint density at radius 2 is 0.508 bits per heavy atom. The number of hydrogen-bond donors (Lipinski definition) is 11. The summed E-state index contributed by atoms with van der Waals surface area (Å²) in [5.41, 5.74) is 36.0. The van der Waals surface area contributed by atoms with Gasteiger partial charge in [0.2, 0.25) is 23.6 Å². The van der Waals surface area contributed by atoms with Crippen LogP contribution >= 0.6 is 7.59 Å². The zero-order chi connectivity index (χ0) is 49.5. The molecular formula is C44H54N11O9P. The van der Waals surface area contributed by atoms with Gasteiger partial charge in [0.25, 0.3) is 31.2 Å². The number of amides is 8. The number of nitrogens with one attached hydrogen (secondary N) is 4. The molecule has 344 valence electrons. The Bertz CT molecular complexity index is 2080. The van der Waals surface area contributed by atoms with E-state index >= 15 is 0 Å². The van der Waals surface area contributed by atoms with Crippen molar-refractivity contribution in [3.8, 4) is 0 Å². The molecule has 18 N–H and O–H groups in total. The Kier molecular flexibility index (Phi) is 26.8. The van der Waals surface area contributed by atoms with Crippen LogP contribution in [-0.4, -0.2) is 73.4 Å². The van der Waals surface area contributed by atoms with Crippen LogP contribution in [-0.2, 0) is 4.57 Å². The van der Waals surface area contributed by atoms with Crippen LogP contribution in [0.2, 0.25) is 0 Å². The molecule has 0 heterocycles. The smallest absolute Gasteiger partial charge is 0.271 e. The van der Waals surface area contributed by atoms with Crippen molar-refractivity contribution < 1.29 is 42.9 Å². The molecule has 0 saturated heterocycles. The first-order valence-electron chi connectivity index (χ1n) is 18.7. The van der Waals surface area contributed by atoms with Crippen molar-refractivity contribution in [2.45, 2.75) is 0 Å². The van der Waals surface area contributed by atoms with Crippen LogP contribution in [0.1, 0.15) is 82.9 Å². The van der Waals surface area contributed by atoms with Crippen LogP contribution < -0.4 is 60.7 Å². The van der Waals surface area contributed by atoms with Gasteiger partial charge in [-0.3, -0.25) is 59.4 Å². The summed E-state index contributed by atoms with van der Waals surface area (Å²) in [4.78, 5) is 90.3. The van der Waals surface area contributed by atoms with E-state index in [2.05, 4.69) is 64.1 Å². The highest BCUT2D eigenvalue weighted by Gasteiger charge is 2.16. The molecule has 4 aromatic rings. The van der Waals surface area contributed by atoms with Gasteiger partial charge < -0.3 is 44.2 Å². The molecule has 4 aromatic carbocycles. The molecule has 0 aliphatic heterocycles. The van der Waals surface area contributed by atoms with Crippen LogP contribution in [0.5, 0.6) is 0 Å². The fourth-order valence-corrected chi connectivity index (χ4v) is 4.62. The van der Waals surface area contributed by atoms with Gasteiger partial charge in [-0.1, -0.05) is 72.8 Å². The van der Waals surface area contributed by atoms with Crippen molar-refractivity contribution >= 4 is 54.9 Å². The topological polar surface area (TPSA) is 384 Å². The summed E-state index contributed by atoms with van der Waals surface area (Å²) >= 11 is 0. The van der Waals surface area contributed by atoms with Gasteiger partial charge in [-0.25, -0.2) is 0 Å². The standard InChI is InChI=1S/4C11H12N2O2.H6N3OP/c4*1-2-7-13-11(15)9-6-4-3-5-8(9)10(12)14;1-5(2,3)4/h4*2-6H,1,7H2,(H2,12,14)(H,13,15);(H6,1,2,3,4). The minimum absolute atomic E-state index is 0.221. The van der Waals surface area contributed by atoms with Gasteiger partial charge in [0.1, 0.15) is 0 Å². The molecule has 0 atom stereocenters. The fraction of sp³-hybridized carbons (Fsp3) is 0.0909. The lowest BCUT2D eigenvalue weighted by Crippen LogP contribution is -2.26. The molecule has 0 spiro atoms. The summed E-state index contributed by atoms with van der Waals surface area (Å²) in [6.07, 6.45) is 6.24. The second kappa shape index (κ2) is 30.7. The SMILES string of the molecule is C=CCNC(=O)c1ccccc1C(N)=O.C=CCNC(=O)c1ccccc1C(N)=O.C=CCNC(=O)c1ccccc1C(N)=O.C=CCNC(=O)c1ccccc1C(N)=O.NP(N)(N)=O. The largest absolute Gasteiger partial charge is 0.366 e. The molecule has 65 heavy (non-hydrogen) atoms. The predicted octanol–water partition coefficient (Wildman–Crippen LogP) is 1.78. The van der Waals surface area contributed by atoms with E-state index in [0.29, 0.717) is 26.2 Å². The average Bonchev–Trinajstić information content (AvgIpc) is 3.28. The number of carbonyl (C=O) groups excluding carboxylic acids is 8. The fourth-order valence-electron chi connectivity index (χ4n) is 4.62. The molecular weight excluding hydrogens is 858 g/mol. The Hall–Kier alpha value is -8.29. The normalized spacial score (nSPS) is 9.52. The molecule has 0 saturated carbocycles. The highest BCUT2D eigenvalue weighted by atomic mass is 31.2. The van der Waals surface area contributed by atoms with Crippen LogP contribution in [0.3, 0.4) is 0 Å². The maximum absolute atomic E-state index is 11.6. The van der Waals surface area contributed by atoms with Crippen molar-refractivity contribution in [2.24, 2.45) is 39.4 Å². The van der Waals surface area contributed by atoms with E-state index in [4.69, 9.17) is 22.9 Å². The molecule has 8 amide bonds. The van der Waals surface area contributed by atoms with Crippen LogP contribution in [0.4, 0.5) is 0 Å². The second-order valence-corrected chi connectivity index (χ2v) is 13.9. The third kappa shape index (κ3) is 22.9. The summed E-state index contributed by atoms with van der Waals surface area (Å²) in [5, 5.41) is 10.3. The molecule has 21 heteroatoms. The van der Waals surface area contributed by atoms with Gasteiger partial charge >= 0.3 is 0 Å². The lowest BCUT2D eigenvalue weighted by molar-refractivity contribution is 0.0938. The number of carbonyl (C=O) groups is 8. The van der Waals surface area contributed by atoms with Crippen molar-refractivity contribution in [1.82, 2.24) is 21.3 Å². The number of primary amides is 4. The van der Waals surface area contributed by atoms with Gasteiger partial charge in [-0.05, 0) is 48.5 Å². The molecule has 4 rings (SSSR count). The summed E-state index contributed by atoms with van der Waals surface area (Å²) < 4.78 is 9.55. The van der Waals surface area contributed by atoms with Gasteiger partial charge in [0, 0.05) is 26.2 Å². The Morgan fingerprint density at radius 3 is 0.631 bits per heavy atom. The highest BCUT2D eigenvalue weighted by Crippen LogP contribution is 2.10. The maximum Gasteiger partial charge on any atom is 0.271 e. The third-order valence-electron chi connectivity index (χ3n) is 7.38. The highest BCUT2D eigenvalue weighted by molar-refractivity contribution is 7.56. The first kappa shape index (κ1) is 56.7. The lowest BCUT2D eigenvalue weighted by Gasteiger charge is -2.05. The zero-order valence-corrected chi connectivity index (χ0v) is 36.3. The quantitative estimate of drug-likeness (QED) is 0.0566. The van der Waals surface area contributed by atoms with E-state index in [-0.39, 0.29) is 68.1 Å². The predicted molar refractivity (Wildman–Crippen MR) is 250 cm³/mol.